The molecule has 0 unspecified atom stereocenters. The minimum absolute atomic E-state index is 0.767. The van der Waals surface area contributed by atoms with Crippen LogP contribution in [0.2, 0.25) is 0 Å². The predicted molar refractivity (Wildman–Crippen MR) is 83.4 cm³/mol. The Labute approximate surface area is 126 Å². The lowest BCUT2D eigenvalue weighted by Gasteiger charge is -2.38. The van der Waals surface area contributed by atoms with Crippen LogP contribution in [-0.4, -0.2) is 39.4 Å². The second-order valence-electron chi connectivity index (χ2n) is 5.84. The molecule has 0 amide bonds. The van der Waals surface area contributed by atoms with E-state index in [0.29, 0.717) is 0 Å². The van der Waals surface area contributed by atoms with Gasteiger partial charge in [-0.05, 0) is 44.0 Å². The summed E-state index contributed by atoms with van der Waals surface area (Å²) in [5.41, 5.74) is 1.14. The van der Waals surface area contributed by atoms with Gasteiger partial charge in [0.25, 0.3) is 0 Å². The summed E-state index contributed by atoms with van der Waals surface area (Å²) in [4.78, 5) is 2.43. The molecule has 0 radical (unpaired) electrons. The molecule has 4 heteroatoms. The Morgan fingerprint density at radius 1 is 1.14 bits per heavy atom. The molecule has 2 heterocycles. The average Bonchev–Trinajstić information content (AvgIpc) is 3.01. The van der Waals surface area contributed by atoms with E-state index in [1.807, 2.05) is 41.1 Å². The van der Waals surface area contributed by atoms with Crippen molar-refractivity contribution >= 4 is 0 Å². The maximum atomic E-state index is 11.1. The highest BCUT2D eigenvalue weighted by Crippen LogP contribution is 2.33. The molecule has 2 aromatic rings. The third-order valence-corrected chi connectivity index (χ3v) is 4.34. The van der Waals surface area contributed by atoms with Gasteiger partial charge in [-0.3, -0.25) is 0 Å². The highest BCUT2D eigenvalue weighted by Gasteiger charge is 2.36. The van der Waals surface area contributed by atoms with E-state index in [2.05, 4.69) is 16.9 Å². The van der Waals surface area contributed by atoms with Crippen molar-refractivity contribution in [2.24, 2.45) is 0 Å². The normalized spacial score (nSPS) is 18.8. The smallest absolute Gasteiger partial charge is 0.109 e. The lowest BCUT2D eigenvalue weighted by molar-refractivity contribution is -0.0309. The van der Waals surface area contributed by atoms with Gasteiger partial charge >= 0.3 is 0 Å². The maximum Gasteiger partial charge on any atom is 0.109 e. The van der Waals surface area contributed by atoms with E-state index in [9.17, 15) is 5.11 Å². The fourth-order valence-corrected chi connectivity index (χ4v) is 3.15. The van der Waals surface area contributed by atoms with Gasteiger partial charge < -0.3 is 10.0 Å². The van der Waals surface area contributed by atoms with Crippen LogP contribution in [0.1, 0.15) is 31.9 Å². The van der Waals surface area contributed by atoms with Crippen LogP contribution in [0.4, 0.5) is 0 Å². The summed E-state index contributed by atoms with van der Waals surface area (Å²) >= 11 is 0. The molecule has 1 aromatic carbocycles. The number of rotatable bonds is 4. The van der Waals surface area contributed by atoms with E-state index in [1.165, 1.54) is 6.42 Å². The van der Waals surface area contributed by atoms with E-state index in [-0.39, 0.29) is 0 Å². The van der Waals surface area contributed by atoms with Gasteiger partial charge in [-0.2, -0.15) is 5.10 Å². The molecule has 112 valence electrons. The monoisotopic (exact) mass is 285 g/mol. The number of para-hydroxylation sites is 1. The van der Waals surface area contributed by atoms with E-state index in [1.54, 1.807) is 6.20 Å². The summed E-state index contributed by atoms with van der Waals surface area (Å²) < 4.78 is 1.87. The van der Waals surface area contributed by atoms with E-state index in [0.717, 1.165) is 43.9 Å². The minimum Gasteiger partial charge on any atom is -0.383 e. The van der Waals surface area contributed by atoms with Crippen LogP contribution in [0.25, 0.3) is 5.69 Å². The fourth-order valence-electron chi connectivity index (χ4n) is 3.15. The standard InChI is InChI=1S/C17H23N3O/c1-2-12-19-13-9-17(21,10-14-19)16-8-11-18-20(16)15-6-4-3-5-7-15/h3-8,11,21H,2,9-10,12-14H2,1H3. The summed E-state index contributed by atoms with van der Waals surface area (Å²) in [6.07, 6.45) is 4.48. The molecule has 0 aliphatic carbocycles. The highest BCUT2D eigenvalue weighted by atomic mass is 16.3. The quantitative estimate of drug-likeness (QED) is 0.938. The zero-order valence-corrected chi connectivity index (χ0v) is 12.6. The summed E-state index contributed by atoms with van der Waals surface area (Å²) in [6, 6.07) is 12.0. The number of nitrogens with zero attached hydrogens (tertiary/aromatic N) is 3. The van der Waals surface area contributed by atoms with Crippen molar-refractivity contribution in [1.29, 1.82) is 0 Å². The van der Waals surface area contributed by atoms with Crippen molar-refractivity contribution in [2.45, 2.75) is 31.8 Å². The number of hydrogen-bond acceptors (Lipinski definition) is 3. The Morgan fingerprint density at radius 2 is 1.86 bits per heavy atom. The Kier molecular flexibility index (Phi) is 4.08. The van der Waals surface area contributed by atoms with Crippen LogP contribution in [-0.2, 0) is 5.60 Å². The van der Waals surface area contributed by atoms with Gasteiger partial charge in [0.05, 0.1) is 11.4 Å². The van der Waals surface area contributed by atoms with Gasteiger partial charge in [0, 0.05) is 19.3 Å². The summed E-state index contributed by atoms with van der Waals surface area (Å²) in [6.45, 7) is 5.22. The third-order valence-electron chi connectivity index (χ3n) is 4.34. The Bertz CT molecular complexity index is 571. The molecule has 1 aliphatic heterocycles. The SMILES string of the molecule is CCCN1CCC(O)(c2ccnn2-c2ccccc2)CC1. The fraction of sp³-hybridized carbons (Fsp3) is 0.471. The molecule has 0 spiro atoms. The molecular weight excluding hydrogens is 262 g/mol. The Morgan fingerprint density at radius 3 is 2.52 bits per heavy atom. The Balaban J connectivity index is 1.83. The molecule has 3 rings (SSSR count). The van der Waals surface area contributed by atoms with E-state index < -0.39 is 5.60 Å². The molecule has 1 fully saturated rings. The van der Waals surface area contributed by atoms with Crippen LogP contribution in [0, 0.1) is 0 Å². The molecule has 4 nitrogen and oxygen atoms in total. The van der Waals surface area contributed by atoms with Gasteiger partial charge in [0.1, 0.15) is 5.60 Å². The first-order valence-electron chi connectivity index (χ1n) is 7.77. The first-order chi connectivity index (χ1) is 10.2. The number of aromatic nitrogens is 2. The zero-order valence-electron chi connectivity index (χ0n) is 12.6. The third kappa shape index (κ3) is 2.87. The number of benzene rings is 1. The van der Waals surface area contributed by atoms with Crippen molar-refractivity contribution in [3.05, 3.63) is 48.3 Å². The van der Waals surface area contributed by atoms with Crippen LogP contribution in [0.3, 0.4) is 0 Å². The second kappa shape index (κ2) is 6.00. The van der Waals surface area contributed by atoms with Gasteiger partial charge in [-0.1, -0.05) is 25.1 Å². The minimum atomic E-state index is -0.767. The molecule has 1 N–H and O–H groups in total. The van der Waals surface area contributed by atoms with Crippen LogP contribution in [0.5, 0.6) is 0 Å². The molecule has 0 saturated carbocycles. The number of likely N-dealkylation sites (tertiary alicyclic amines) is 1. The molecular formula is C17H23N3O. The van der Waals surface area contributed by atoms with E-state index in [4.69, 9.17) is 0 Å². The van der Waals surface area contributed by atoms with Crippen molar-refractivity contribution < 1.29 is 5.11 Å². The molecule has 0 bridgehead atoms. The molecule has 1 aliphatic rings. The topological polar surface area (TPSA) is 41.3 Å². The molecule has 21 heavy (non-hydrogen) atoms. The second-order valence-corrected chi connectivity index (χ2v) is 5.84. The summed E-state index contributed by atoms with van der Waals surface area (Å²) in [7, 11) is 0. The number of hydrogen-bond donors (Lipinski definition) is 1. The molecule has 0 atom stereocenters. The van der Waals surface area contributed by atoms with Crippen molar-refractivity contribution in [3.63, 3.8) is 0 Å². The van der Waals surface area contributed by atoms with Gasteiger partial charge in [-0.15, -0.1) is 0 Å². The Hall–Kier alpha value is -1.65. The number of aliphatic hydroxyl groups is 1. The van der Waals surface area contributed by atoms with E-state index >= 15 is 0 Å². The lowest BCUT2D eigenvalue weighted by Crippen LogP contribution is -2.43. The maximum absolute atomic E-state index is 11.1. The molecule has 1 aromatic heterocycles. The summed E-state index contributed by atoms with van der Waals surface area (Å²) in [5, 5.41) is 15.5. The van der Waals surface area contributed by atoms with Crippen molar-refractivity contribution in [1.82, 2.24) is 14.7 Å². The lowest BCUT2D eigenvalue weighted by atomic mass is 9.88. The van der Waals surface area contributed by atoms with Gasteiger partial charge in [0.2, 0.25) is 0 Å². The molecule has 1 saturated heterocycles. The highest BCUT2D eigenvalue weighted by molar-refractivity contribution is 5.34. The summed E-state index contributed by atoms with van der Waals surface area (Å²) in [5.74, 6) is 0. The van der Waals surface area contributed by atoms with Crippen molar-refractivity contribution in [2.75, 3.05) is 19.6 Å². The average molecular weight is 285 g/mol. The number of piperidine rings is 1. The largest absolute Gasteiger partial charge is 0.383 e. The first-order valence-corrected chi connectivity index (χ1v) is 7.77. The van der Waals surface area contributed by atoms with Gasteiger partial charge in [-0.25, -0.2) is 4.68 Å². The predicted octanol–water partition coefficient (Wildman–Crippen LogP) is 2.57. The van der Waals surface area contributed by atoms with Crippen LogP contribution >= 0.6 is 0 Å². The zero-order chi connectivity index (χ0) is 14.7. The van der Waals surface area contributed by atoms with Crippen LogP contribution in [0.15, 0.2) is 42.6 Å². The van der Waals surface area contributed by atoms with Crippen molar-refractivity contribution in [3.8, 4) is 5.69 Å². The first kappa shape index (κ1) is 14.3. The van der Waals surface area contributed by atoms with Gasteiger partial charge in [0.15, 0.2) is 0 Å². The van der Waals surface area contributed by atoms with Crippen LogP contribution < -0.4 is 0 Å².